The van der Waals surface area contributed by atoms with E-state index in [2.05, 4.69) is 173 Å². The molecule has 0 aliphatic rings. The lowest BCUT2D eigenvalue weighted by Gasteiger charge is -2.09. The van der Waals surface area contributed by atoms with E-state index in [-0.39, 0.29) is 0 Å². The average molecular weight is 681 g/mol. The molecule has 52 heavy (non-hydrogen) atoms. The Bertz CT molecular complexity index is 3170. The number of aromatic nitrogens is 2. The fourth-order valence-electron chi connectivity index (χ4n) is 8.54. The molecule has 0 atom stereocenters. The maximum Gasteiger partial charge on any atom is 0.136 e. The van der Waals surface area contributed by atoms with Crippen LogP contribution in [-0.4, -0.2) is 9.13 Å². The lowest BCUT2D eigenvalue weighted by Crippen LogP contribution is -1.93. The van der Waals surface area contributed by atoms with Crippen molar-refractivity contribution in [3.05, 3.63) is 170 Å². The number of thiophene rings is 1. The van der Waals surface area contributed by atoms with Crippen LogP contribution in [0.3, 0.4) is 0 Å². The predicted octanol–water partition coefficient (Wildman–Crippen LogP) is 13.8. The maximum atomic E-state index is 6.41. The van der Waals surface area contributed by atoms with Crippen molar-refractivity contribution < 1.29 is 4.42 Å². The Morgan fingerprint density at radius 2 is 0.865 bits per heavy atom. The number of benzene rings is 8. The third-order valence-electron chi connectivity index (χ3n) is 10.9. The number of hydrogen-bond acceptors (Lipinski definition) is 2. The van der Waals surface area contributed by atoms with Gasteiger partial charge in [-0.05, 0) is 96.1 Å². The van der Waals surface area contributed by atoms with Gasteiger partial charge in [-0.1, -0.05) is 84.9 Å². The minimum Gasteiger partial charge on any atom is -0.456 e. The van der Waals surface area contributed by atoms with Crippen LogP contribution in [-0.2, 0) is 0 Å². The zero-order valence-electron chi connectivity index (χ0n) is 27.9. The Balaban J connectivity index is 1.12. The molecule has 8 aromatic carbocycles. The highest BCUT2D eigenvalue weighted by molar-refractivity contribution is 7.25. The summed E-state index contributed by atoms with van der Waals surface area (Å²) in [6, 6.07) is 61.8. The summed E-state index contributed by atoms with van der Waals surface area (Å²) in [5.41, 5.74) is 11.3. The van der Waals surface area contributed by atoms with Gasteiger partial charge in [0.2, 0.25) is 0 Å². The van der Waals surface area contributed by atoms with E-state index in [9.17, 15) is 0 Å². The molecular formula is C48H28N2OS. The first-order chi connectivity index (χ1) is 25.8. The molecule has 12 rings (SSSR count). The van der Waals surface area contributed by atoms with Gasteiger partial charge in [-0.2, -0.15) is 0 Å². The number of para-hydroxylation sites is 3. The normalized spacial score (nSPS) is 12.2. The van der Waals surface area contributed by atoms with Gasteiger partial charge in [0, 0.05) is 63.9 Å². The summed E-state index contributed by atoms with van der Waals surface area (Å²) in [7, 11) is 0. The van der Waals surface area contributed by atoms with E-state index in [0.717, 1.165) is 27.6 Å². The van der Waals surface area contributed by atoms with Gasteiger partial charge in [0.1, 0.15) is 11.2 Å². The summed E-state index contributed by atoms with van der Waals surface area (Å²) in [6.45, 7) is 0. The average Bonchev–Trinajstić information content (AvgIpc) is 3.93. The van der Waals surface area contributed by atoms with Crippen LogP contribution in [0.2, 0.25) is 0 Å². The van der Waals surface area contributed by atoms with Gasteiger partial charge in [0.05, 0.1) is 22.1 Å². The molecule has 0 spiro atoms. The van der Waals surface area contributed by atoms with E-state index < -0.39 is 0 Å². The summed E-state index contributed by atoms with van der Waals surface area (Å²) >= 11 is 1.88. The standard InChI is InChI=1S/C48H28N2OS/c1-3-11-31(12-4-1)49-41-21-19-29(23-35(41)37-27-46-39(25-43(37)49)33-15-7-9-17-45(33)51-46)30-20-22-42-36(24-30)38-28-48-40(34-16-8-10-18-47(34)52-48)26-44(38)50(42)32-13-5-2-6-14-32/h1-28H. The largest absolute Gasteiger partial charge is 0.456 e. The minimum atomic E-state index is 0.911. The van der Waals surface area contributed by atoms with Crippen LogP contribution >= 0.6 is 11.3 Å². The van der Waals surface area contributed by atoms with Crippen LogP contribution < -0.4 is 0 Å². The predicted molar refractivity (Wildman–Crippen MR) is 221 cm³/mol. The van der Waals surface area contributed by atoms with E-state index in [1.807, 2.05) is 17.4 Å². The molecule has 12 aromatic rings. The molecule has 4 aromatic heterocycles. The van der Waals surface area contributed by atoms with Crippen molar-refractivity contribution in [1.82, 2.24) is 9.13 Å². The fraction of sp³-hybridized carbons (Fsp3) is 0. The molecule has 4 heterocycles. The first-order valence-corrected chi connectivity index (χ1v) is 18.5. The van der Waals surface area contributed by atoms with Gasteiger partial charge in [0.25, 0.3) is 0 Å². The molecule has 0 aliphatic carbocycles. The summed E-state index contributed by atoms with van der Waals surface area (Å²) in [5.74, 6) is 0. The van der Waals surface area contributed by atoms with Gasteiger partial charge in [0.15, 0.2) is 0 Å². The van der Waals surface area contributed by atoms with E-state index in [0.29, 0.717) is 0 Å². The number of furan rings is 1. The molecule has 0 fully saturated rings. The number of rotatable bonds is 3. The summed E-state index contributed by atoms with van der Waals surface area (Å²) < 4.78 is 13.9. The summed E-state index contributed by atoms with van der Waals surface area (Å²) in [4.78, 5) is 0. The van der Waals surface area contributed by atoms with E-state index in [4.69, 9.17) is 4.42 Å². The van der Waals surface area contributed by atoms with E-state index in [1.54, 1.807) is 0 Å². The number of hydrogen-bond donors (Lipinski definition) is 0. The van der Waals surface area contributed by atoms with Crippen molar-refractivity contribution in [3.63, 3.8) is 0 Å². The first-order valence-electron chi connectivity index (χ1n) is 17.7. The van der Waals surface area contributed by atoms with Gasteiger partial charge < -0.3 is 13.6 Å². The Hall–Kier alpha value is -6.62. The third kappa shape index (κ3) is 3.90. The third-order valence-corrected chi connectivity index (χ3v) is 12.0. The van der Waals surface area contributed by atoms with Crippen LogP contribution in [0.4, 0.5) is 0 Å². The van der Waals surface area contributed by atoms with Crippen molar-refractivity contribution in [1.29, 1.82) is 0 Å². The smallest absolute Gasteiger partial charge is 0.136 e. The molecule has 3 nitrogen and oxygen atoms in total. The summed E-state index contributed by atoms with van der Waals surface area (Å²) in [5, 5.41) is 9.82. The lowest BCUT2D eigenvalue weighted by molar-refractivity contribution is 0.669. The van der Waals surface area contributed by atoms with Crippen LogP contribution in [0.1, 0.15) is 0 Å². The minimum absolute atomic E-state index is 0.911. The van der Waals surface area contributed by atoms with Crippen LogP contribution in [0.25, 0.3) is 108 Å². The fourth-order valence-corrected chi connectivity index (χ4v) is 9.67. The Labute approximate surface area is 301 Å². The molecule has 0 aliphatic heterocycles. The Morgan fingerprint density at radius 3 is 1.54 bits per heavy atom. The molecule has 4 heteroatoms. The molecule has 0 unspecified atom stereocenters. The Kier molecular flexibility index (Phi) is 5.65. The van der Waals surface area contributed by atoms with Gasteiger partial charge >= 0.3 is 0 Å². The van der Waals surface area contributed by atoms with Crippen LogP contribution in [0.15, 0.2) is 174 Å². The second-order valence-electron chi connectivity index (χ2n) is 13.7. The zero-order chi connectivity index (χ0) is 33.9. The van der Waals surface area contributed by atoms with Crippen molar-refractivity contribution in [2.75, 3.05) is 0 Å². The van der Waals surface area contributed by atoms with E-state index >= 15 is 0 Å². The number of nitrogens with zero attached hydrogens (tertiary/aromatic N) is 2. The molecule has 0 N–H and O–H groups in total. The second kappa shape index (κ2) is 10.5. The monoisotopic (exact) mass is 680 g/mol. The van der Waals surface area contributed by atoms with Crippen LogP contribution in [0.5, 0.6) is 0 Å². The molecular weight excluding hydrogens is 653 g/mol. The van der Waals surface area contributed by atoms with E-state index in [1.165, 1.54) is 80.6 Å². The van der Waals surface area contributed by atoms with Crippen molar-refractivity contribution in [3.8, 4) is 22.5 Å². The number of fused-ring (bicyclic) bond motifs is 12. The van der Waals surface area contributed by atoms with Gasteiger partial charge in [-0.25, -0.2) is 0 Å². The molecule has 242 valence electrons. The van der Waals surface area contributed by atoms with Gasteiger partial charge in [-0.15, -0.1) is 11.3 Å². The first kappa shape index (κ1) is 28.1. The zero-order valence-corrected chi connectivity index (χ0v) is 28.7. The molecule has 0 radical (unpaired) electrons. The highest BCUT2D eigenvalue weighted by atomic mass is 32.1. The second-order valence-corrected chi connectivity index (χ2v) is 14.8. The van der Waals surface area contributed by atoms with Crippen molar-refractivity contribution in [2.24, 2.45) is 0 Å². The maximum absolute atomic E-state index is 6.41. The highest BCUT2D eigenvalue weighted by Gasteiger charge is 2.19. The molecule has 0 saturated carbocycles. The highest BCUT2D eigenvalue weighted by Crippen LogP contribution is 2.43. The lowest BCUT2D eigenvalue weighted by atomic mass is 10.00. The van der Waals surface area contributed by atoms with Crippen molar-refractivity contribution >= 4 is 97.1 Å². The quantitative estimate of drug-likeness (QED) is 0.182. The molecule has 0 bridgehead atoms. The molecule has 0 saturated heterocycles. The summed E-state index contributed by atoms with van der Waals surface area (Å²) in [6.07, 6.45) is 0. The van der Waals surface area contributed by atoms with Gasteiger partial charge in [-0.3, -0.25) is 0 Å². The Morgan fingerprint density at radius 1 is 0.327 bits per heavy atom. The SMILES string of the molecule is c1ccc(-n2c3ccc(-c4ccc5c(c4)c4cc6sc7ccccc7c6cc4n5-c4ccccc4)cc3c3cc4oc5ccccc5c4cc32)cc1. The topological polar surface area (TPSA) is 23.0 Å². The molecule has 0 amide bonds. The van der Waals surface area contributed by atoms with Crippen LogP contribution in [0, 0.1) is 0 Å². The van der Waals surface area contributed by atoms with Crippen molar-refractivity contribution in [2.45, 2.75) is 0 Å².